The Morgan fingerprint density at radius 3 is 1.91 bits per heavy atom. The summed E-state index contributed by atoms with van der Waals surface area (Å²) in [5.41, 5.74) is 2.06. The molecule has 35 heavy (non-hydrogen) atoms. The van der Waals surface area contributed by atoms with Gasteiger partial charge in [-0.15, -0.1) is 0 Å². The minimum absolute atomic E-state index is 0.00517. The first kappa shape index (κ1) is 23.0. The van der Waals surface area contributed by atoms with Crippen LogP contribution in [-0.4, -0.2) is 43.4 Å². The van der Waals surface area contributed by atoms with Crippen LogP contribution < -0.4 is 10.6 Å². The smallest absolute Gasteiger partial charge is 0.315 e. The molecule has 0 spiro atoms. The third-order valence-electron chi connectivity index (χ3n) is 8.81. The van der Waals surface area contributed by atoms with E-state index in [0.717, 1.165) is 48.1 Å². The van der Waals surface area contributed by atoms with Gasteiger partial charge in [0.05, 0.1) is 4.90 Å². The molecule has 1 aliphatic heterocycles. The molecule has 1 heterocycles. The standard InChI is InChI=1S/C28H35N3O3S/c32-27(30-28-17-20-14-21(18-28)16-22(15-20)19-28)29-25-10-12-31(13-11-25)35(33,34)26-8-6-24(7-9-26)23-4-2-1-3-5-23/h1-9,20-22,25H,10-19H2,(H2,29,30,32). The van der Waals surface area contributed by atoms with E-state index in [-0.39, 0.29) is 17.6 Å². The second kappa shape index (κ2) is 8.93. The van der Waals surface area contributed by atoms with Gasteiger partial charge in [-0.1, -0.05) is 42.5 Å². The number of amides is 2. The van der Waals surface area contributed by atoms with Crippen molar-refractivity contribution in [2.24, 2.45) is 17.8 Å². The molecule has 4 bridgehead atoms. The molecule has 5 aliphatic rings. The fraction of sp³-hybridized carbons (Fsp3) is 0.536. The Kier molecular flexibility index (Phi) is 5.88. The number of benzene rings is 2. The number of sulfonamides is 1. The van der Waals surface area contributed by atoms with Gasteiger partial charge in [-0.2, -0.15) is 4.31 Å². The highest BCUT2D eigenvalue weighted by molar-refractivity contribution is 7.89. The molecule has 2 amide bonds. The molecule has 0 aromatic heterocycles. The predicted molar refractivity (Wildman–Crippen MR) is 136 cm³/mol. The zero-order valence-corrected chi connectivity index (χ0v) is 21.0. The van der Waals surface area contributed by atoms with Crippen LogP contribution in [0.2, 0.25) is 0 Å². The van der Waals surface area contributed by atoms with Crippen LogP contribution in [0.1, 0.15) is 51.4 Å². The molecular formula is C28H35N3O3S. The van der Waals surface area contributed by atoms with Gasteiger partial charge in [0.25, 0.3) is 0 Å². The van der Waals surface area contributed by atoms with E-state index in [9.17, 15) is 13.2 Å². The largest absolute Gasteiger partial charge is 0.335 e. The van der Waals surface area contributed by atoms with Crippen LogP contribution in [0, 0.1) is 17.8 Å². The van der Waals surface area contributed by atoms with Crippen LogP contribution in [0.3, 0.4) is 0 Å². The van der Waals surface area contributed by atoms with Crippen LogP contribution >= 0.6 is 0 Å². The average molecular weight is 494 g/mol. The van der Waals surface area contributed by atoms with Gasteiger partial charge in [-0.25, -0.2) is 13.2 Å². The lowest BCUT2D eigenvalue weighted by Gasteiger charge is -2.56. The normalized spacial score (nSPS) is 30.8. The van der Waals surface area contributed by atoms with Gasteiger partial charge < -0.3 is 10.6 Å². The Labute approximate surface area is 208 Å². The summed E-state index contributed by atoms with van der Waals surface area (Å²) in [6.07, 6.45) is 8.72. The van der Waals surface area contributed by atoms with Gasteiger partial charge >= 0.3 is 6.03 Å². The number of nitrogens with one attached hydrogen (secondary N) is 2. The van der Waals surface area contributed by atoms with E-state index in [4.69, 9.17) is 0 Å². The zero-order valence-electron chi connectivity index (χ0n) is 20.2. The molecule has 1 saturated heterocycles. The molecule has 4 saturated carbocycles. The maximum absolute atomic E-state index is 13.2. The Morgan fingerprint density at radius 1 is 0.800 bits per heavy atom. The average Bonchev–Trinajstić information content (AvgIpc) is 2.84. The number of urea groups is 1. The van der Waals surface area contributed by atoms with Gasteiger partial charge in [0.15, 0.2) is 0 Å². The first-order valence-electron chi connectivity index (χ1n) is 13.1. The molecule has 0 radical (unpaired) electrons. The predicted octanol–water partition coefficient (Wildman–Crippen LogP) is 4.77. The van der Waals surface area contributed by atoms with Crippen LogP contribution in [0.5, 0.6) is 0 Å². The van der Waals surface area contributed by atoms with Crippen LogP contribution in [0.25, 0.3) is 11.1 Å². The monoisotopic (exact) mass is 493 g/mol. The van der Waals surface area contributed by atoms with Crippen molar-refractivity contribution in [1.82, 2.24) is 14.9 Å². The van der Waals surface area contributed by atoms with Crippen molar-refractivity contribution >= 4 is 16.1 Å². The molecule has 7 rings (SSSR count). The van der Waals surface area contributed by atoms with Crippen molar-refractivity contribution in [3.8, 4) is 11.1 Å². The lowest BCUT2D eigenvalue weighted by atomic mass is 9.53. The van der Waals surface area contributed by atoms with E-state index >= 15 is 0 Å². The van der Waals surface area contributed by atoms with Gasteiger partial charge in [0, 0.05) is 24.7 Å². The number of nitrogens with zero attached hydrogens (tertiary/aromatic N) is 1. The number of carbonyl (C=O) groups is 1. The van der Waals surface area contributed by atoms with E-state index in [1.165, 1.54) is 19.3 Å². The van der Waals surface area contributed by atoms with Gasteiger partial charge in [-0.3, -0.25) is 0 Å². The van der Waals surface area contributed by atoms with Crippen molar-refractivity contribution in [3.63, 3.8) is 0 Å². The van der Waals surface area contributed by atoms with E-state index in [1.54, 1.807) is 16.4 Å². The molecule has 186 valence electrons. The summed E-state index contributed by atoms with van der Waals surface area (Å²) in [4.78, 5) is 13.2. The highest BCUT2D eigenvalue weighted by Crippen LogP contribution is 2.55. The molecule has 2 aromatic carbocycles. The van der Waals surface area contributed by atoms with Crippen LogP contribution in [-0.2, 0) is 10.0 Å². The number of hydrogen-bond donors (Lipinski definition) is 2. The molecule has 5 fully saturated rings. The highest BCUT2D eigenvalue weighted by Gasteiger charge is 2.51. The lowest BCUT2D eigenvalue weighted by Crippen LogP contribution is -2.62. The van der Waals surface area contributed by atoms with Crippen molar-refractivity contribution < 1.29 is 13.2 Å². The fourth-order valence-corrected chi connectivity index (χ4v) is 9.04. The number of rotatable bonds is 5. The quantitative estimate of drug-likeness (QED) is 0.630. The molecule has 2 aromatic rings. The first-order valence-corrected chi connectivity index (χ1v) is 14.6. The Balaban J connectivity index is 1.03. The summed E-state index contributed by atoms with van der Waals surface area (Å²) >= 11 is 0. The highest BCUT2D eigenvalue weighted by atomic mass is 32.2. The molecule has 2 N–H and O–H groups in total. The minimum Gasteiger partial charge on any atom is -0.335 e. The van der Waals surface area contributed by atoms with Gasteiger partial charge in [-0.05, 0) is 92.4 Å². The molecule has 4 aliphatic carbocycles. The van der Waals surface area contributed by atoms with Crippen LogP contribution in [0.15, 0.2) is 59.5 Å². The van der Waals surface area contributed by atoms with Crippen LogP contribution in [0.4, 0.5) is 4.79 Å². The third-order valence-corrected chi connectivity index (χ3v) is 10.7. The van der Waals surface area contributed by atoms with E-state index < -0.39 is 10.0 Å². The topological polar surface area (TPSA) is 78.5 Å². The summed E-state index contributed by atoms with van der Waals surface area (Å²) in [5, 5.41) is 6.54. The van der Waals surface area contributed by atoms with E-state index in [1.807, 2.05) is 42.5 Å². The van der Waals surface area contributed by atoms with Crippen molar-refractivity contribution in [2.75, 3.05) is 13.1 Å². The van der Waals surface area contributed by atoms with Gasteiger partial charge in [0.2, 0.25) is 10.0 Å². The number of carbonyl (C=O) groups excluding carboxylic acids is 1. The first-order chi connectivity index (χ1) is 16.9. The van der Waals surface area contributed by atoms with Crippen molar-refractivity contribution in [2.45, 2.75) is 67.8 Å². The summed E-state index contributed by atoms with van der Waals surface area (Å²) in [5.74, 6) is 2.37. The Hall–Kier alpha value is -2.38. The summed E-state index contributed by atoms with van der Waals surface area (Å²) < 4.78 is 28.0. The summed E-state index contributed by atoms with van der Waals surface area (Å²) in [7, 11) is -3.54. The third kappa shape index (κ3) is 4.60. The zero-order chi connectivity index (χ0) is 24.0. The Bertz CT molecular complexity index is 1140. The molecule has 7 heteroatoms. The number of piperidine rings is 1. The van der Waals surface area contributed by atoms with Crippen molar-refractivity contribution in [1.29, 1.82) is 0 Å². The second-order valence-electron chi connectivity index (χ2n) is 11.4. The molecule has 0 atom stereocenters. The van der Waals surface area contributed by atoms with E-state index in [2.05, 4.69) is 10.6 Å². The SMILES string of the molecule is O=C(NC1CCN(S(=O)(=O)c2ccc(-c3ccccc3)cc2)CC1)NC12CC3CC(CC(C3)C1)C2. The van der Waals surface area contributed by atoms with E-state index in [0.29, 0.717) is 30.8 Å². The van der Waals surface area contributed by atoms with Crippen molar-refractivity contribution in [3.05, 3.63) is 54.6 Å². The minimum atomic E-state index is -3.54. The summed E-state index contributed by atoms with van der Waals surface area (Å²) in [6, 6.07) is 17.0. The lowest BCUT2D eigenvalue weighted by molar-refractivity contribution is -0.0137. The summed E-state index contributed by atoms with van der Waals surface area (Å²) in [6.45, 7) is 0.843. The molecule has 0 unspecified atom stereocenters. The maximum atomic E-state index is 13.2. The maximum Gasteiger partial charge on any atom is 0.315 e. The molecular weight excluding hydrogens is 458 g/mol. The fourth-order valence-electron chi connectivity index (χ4n) is 7.57. The van der Waals surface area contributed by atoms with Gasteiger partial charge in [0.1, 0.15) is 0 Å². The Morgan fingerprint density at radius 2 is 1.34 bits per heavy atom. The molecule has 6 nitrogen and oxygen atoms in total. The second-order valence-corrected chi connectivity index (χ2v) is 13.3. The number of hydrogen-bond acceptors (Lipinski definition) is 3.